The van der Waals surface area contributed by atoms with Crippen molar-refractivity contribution in [3.05, 3.63) is 21.3 Å². The number of nitrogens with zero attached hydrogens (tertiary/aromatic N) is 1. The topological polar surface area (TPSA) is 29.3 Å². The number of halogens is 1. The molecule has 2 nitrogen and oxygen atoms in total. The van der Waals surface area contributed by atoms with Crippen molar-refractivity contribution in [1.29, 1.82) is 0 Å². The lowest BCUT2D eigenvalue weighted by Crippen LogP contribution is -2.38. The van der Waals surface area contributed by atoms with Gasteiger partial charge in [0.2, 0.25) is 0 Å². The molecule has 0 spiro atoms. The Morgan fingerprint density at radius 1 is 1.41 bits per heavy atom. The summed E-state index contributed by atoms with van der Waals surface area (Å²) >= 11 is 7.64. The Kier molecular flexibility index (Phi) is 5.93. The minimum atomic E-state index is 0.110. The van der Waals surface area contributed by atoms with Gasteiger partial charge < -0.3 is 5.73 Å². The molecule has 1 heterocycles. The van der Waals surface area contributed by atoms with E-state index in [0.29, 0.717) is 5.92 Å². The summed E-state index contributed by atoms with van der Waals surface area (Å²) in [6.07, 6.45) is 1.20. The zero-order chi connectivity index (χ0) is 13.0. The van der Waals surface area contributed by atoms with Gasteiger partial charge in [-0.15, -0.1) is 11.3 Å². The number of nitrogens with two attached hydrogens (primary N) is 1. The van der Waals surface area contributed by atoms with E-state index in [1.54, 1.807) is 11.3 Å². The molecule has 1 aromatic heterocycles. The van der Waals surface area contributed by atoms with Gasteiger partial charge in [-0.25, -0.2) is 0 Å². The molecule has 3 atom stereocenters. The van der Waals surface area contributed by atoms with Gasteiger partial charge in [0.1, 0.15) is 0 Å². The Labute approximate surface area is 114 Å². The van der Waals surface area contributed by atoms with Crippen molar-refractivity contribution in [2.75, 3.05) is 13.6 Å². The van der Waals surface area contributed by atoms with Crippen LogP contribution in [0.5, 0.6) is 0 Å². The Bertz CT molecular complexity index is 338. The van der Waals surface area contributed by atoms with Gasteiger partial charge in [-0.2, -0.15) is 0 Å². The van der Waals surface area contributed by atoms with Crippen LogP contribution >= 0.6 is 22.9 Å². The molecular weight excluding hydrogens is 252 g/mol. The fourth-order valence-electron chi connectivity index (χ4n) is 2.10. The highest BCUT2D eigenvalue weighted by molar-refractivity contribution is 7.16. The molecule has 0 radical (unpaired) electrons. The summed E-state index contributed by atoms with van der Waals surface area (Å²) in [7, 11) is 2.15. The summed E-state index contributed by atoms with van der Waals surface area (Å²) < 4.78 is 0.836. The summed E-state index contributed by atoms with van der Waals surface area (Å²) in [6.45, 7) is 7.63. The number of likely N-dealkylation sites (N-methyl/N-ethyl adjacent to an activating group) is 1. The molecule has 1 rings (SSSR count). The van der Waals surface area contributed by atoms with Gasteiger partial charge >= 0.3 is 0 Å². The molecule has 3 unspecified atom stereocenters. The first-order chi connectivity index (χ1) is 7.95. The third kappa shape index (κ3) is 4.25. The summed E-state index contributed by atoms with van der Waals surface area (Å²) in [4.78, 5) is 3.61. The highest BCUT2D eigenvalue weighted by Gasteiger charge is 2.23. The SMILES string of the molecule is CCC(C)CN(C)C(c1ccc(Cl)s1)C(C)N. The van der Waals surface area contributed by atoms with Crippen LogP contribution in [-0.4, -0.2) is 24.5 Å². The highest BCUT2D eigenvalue weighted by atomic mass is 35.5. The molecule has 0 aliphatic rings. The second-order valence-electron chi connectivity index (χ2n) is 4.90. The minimum absolute atomic E-state index is 0.110. The molecule has 1 aromatic rings. The van der Waals surface area contributed by atoms with Crippen molar-refractivity contribution in [1.82, 2.24) is 4.90 Å². The maximum absolute atomic E-state index is 6.12. The van der Waals surface area contributed by atoms with E-state index in [9.17, 15) is 0 Å². The summed E-state index contributed by atoms with van der Waals surface area (Å²) in [5, 5.41) is 0. The summed E-state index contributed by atoms with van der Waals surface area (Å²) in [6, 6.07) is 4.42. The monoisotopic (exact) mass is 274 g/mol. The second kappa shape index (κ2) is 6.74. The predicted octanol–water partition coefficient (Wildman–Crippen LogP) is 3.77. The van der Waals surface area contributed by atoms with Crippen molar-refractivity contribution in [3.63, 3.8) is 0 Å². The molecule has 0 bridgehead atoms. The maximum Gasteiger partial charge on any atom is 0.0931 e. The van der Waals surface area contributed by atoms with E-state index < -0.39 is 0 Å². The fraction of sp³-hybridized carbons (Fsp3) is 0.692. The zero-order valence-electron chi connectivity index (χ0n) is 11.1. The molecule has 2 N–H and O–H groups in total. The van der Waals surface area contributed by atoms with E-state index in [4.69, 9.17) is 17.3 Å². The Morgan fingerprint density at radius 2 is 2.06 bits per heavy atom. The van der Waals surface area contributed by atoms with Gasteiger partial charge in [-0.3, -0.25) is 4.90 Å². The summed E-state index contributed by atoms with van der Waals surface area (Å²) in [5.74, 6) is 0.691. The normalized spacial score (nSPS) is 17.1. The first kappa shape index (κ1) is 15.0. The second-order valence-corrected chi connectivity index (χ2v) is 6.65. The first-order valence-corrected chi connectivity index (χ1v) is 7.36. The number of hydrogen-bond acceptors (Lipinski definition) is 3. The fourth-order valence-corrected chi connectivity index (χ4v) is 3.44. The van der Waals surface area contributed by atoms with E-state index in [0.717, 1.165) is 10.9 Å². The first-order valence-electron chi connectivity index (χ1n) is 6.16. The van der Waals surface area contributed by atoms with Crippen LogP contribution < -0.4 is 5.73 Å². The molecule has 0 aliphatic heterocycles. The van der Waals surface area contributed by atoms with Gasteiger partial charge in [0.15, 0.2) is 0 Å². The van der Waals surface area contributed by atoms with Crippen molar-refractivity contribution >= 4 is 22.9 Å². The van der Waals surface area contributed by atoms with Crippen molar-refractivity contribution in [2.45, 2.75) is 39.3 Å². The zero-order valence-corrected chi connectivity index (χ0v) is 12.7. The number of thiophene rings is 1. The van der Waals surface area contributed by atoms with Crippen molar-refractivity contribution in [3.8, 4) is 0 Å². The van der Waals surface area contributed by atoms with E-state index in [1.807, 2.05) is 6.07 Å². The van der Waals surface area contributed by atoms with Crippen LogP contribution in [0.4, 0.5) is 0 Å². The lowest BCUT2D eigenvalue weighted by atomic mass is 10.0. The standard InChI is InChI=1S/C13H23ClN2S/c1-5-9(2)8-16(4)13(10(3)15)11-6-7-12(14)17-11/h6-7,9-10,13H,5,8,15H2,1-4H3. The van der Waals surface area contributed by atoms with Crippen LogP contribution in [0.1, 0.15) is 38.1 Å². The molecule has 98 valence electrons. The van der Waals surface area contributed by atoms with Crippen LogP contribution in [0.3, 0.4) is 0 Å². The Hall–Kier alpha value is -0.0900. The van der Waals surface area contributed by atoms with E-state index in [2.05, 4.69) is 38.8 Å². The smallest absolute Gasteiger partial charge is 0.0931 e. The minimum Gasteiger partial charge on any atom is -0.326 e. The highest BCUT2D eigenvalue weighted by Crippen LogP contribution is 2.32. The van der Waals surface area contributed by atoms with Gasteiger partial charge in [0, 0.05) is 17.5 Å². The molecule has 4 heteroatoms. The largest absolute Gasteiger partial charge is 0.326 e. The lowest BCUT2D eigenvalue weighted by molar-refractivity contribution is 0.193. The van der Waals surface area contributed by atoms with Gasteiger partial charge in [0.25, 0.3) is 0 Å². The summed E-state index contributed by atoms with van der Waals surface area (Å²) in [5.41, 5.74) is 6.12. The van der Waals surface area contributed by atoms with Crippen LogP contribution in [-0.2, 0) is 0 Å². The lowest BCUT2D eigenvalue weighted by Gasteiger charge is -2.32. The van der Waals surface area contributed by atoms with Crippen molar-refractivity contribution < 1.29 is 0 Å². The molecule has 17 heavy (non-hydrogen) atoms. The Morgan fingerprint density at radius 3 is 2.47 bits per heavy atom. The predicted molar refractivity (Wildman–Crippen MR) is 77.8 cm³/mol. The quantitative estimate of drug-likeness (QED) is 0.856. The van der Waals surface area contributed by atoms with Crippen LogP contribution in [0.25, 0.3) is 0 Å². The Balaban J connectivity index is 2.79. The van der Waals surface area contributed by atoms with E-state index in [1.165, 1.54) is 11.3 Å². The third-order valence-electron chi connectivity index (χ3n) is 3.15. The molecule has 0 saturated carbocycles. The average Bonchev–Trinajstić information content (AvgIpc) is 2.64. The average molecular weight is 275 g/mol. The van der Waals surface area contributed by atoms with Gasteiger partial charge in [0.05, 0.1) is 10.4 Å². The molecule has 0 fully saturated rings. The number of rotatable bonds is 6. The van der Waals surface area contributed by atoms with E-state index >= 15 is 0 Å². The molecule has 0 aliphatic carbocycles. The molecule has 0 saturated heterocycles. The number of hydrogen-bond donors (Lipinski definition) is 1. The van der Waals surface area contributed by atoms with Crippen LogP contribution in [0.15, 0.2) is 12.1 Å². The molecule has 0 amide bonds. The van der Waals surface area contributed by atoms with Gasteiger partial charge in [-0.1, -0.05) is 31.9 Å². The maximum atomic E-state index is 6.12. The van der Waals surface area contributed by atoms with Crippen LogP contribution in [0.2, 0.25) is 4.34 Å². The molecule has 0 aromatic carbocycles. The van der Waals surface area contributed by atoms with Crippen LogP contribution in [0, 0.1) is 5.92 Å². The van der Waals surface area contributed by atoms with Crippen molar-refractivity contribution in [2.24, 2.45) is 11.7 Å². The third-order valence-corrected chi connectivity index (χ3v) is 4.46. The van der Waals surface area contributed by atoms with Gasteiger partial charge in [-0.05, 0) is 32.0 Å². The molecular formula is C13H23ClN2S. The van der Waals surface area contributed by atoms with E-state index in [-0.39, 0.29) is 12.1 Å².